The van der Waals surface area contributed by atoms with E-state index in [1.54, 1.807) is 0 Å². The van der Waals surface area contributed by atoms with Crippen LogP contribution < -0.4 is 15.5 Å². The van der Waals surface area contributed by atoms with Gasteiger partial charge in [-0.25, -0.2) is 9.37 Å². The van der Waals surface area contributed by atoms with Gasteiger partial charge >= 0.3 is 0 Å². The first-order valence-corrected chi connectivity index (χ1v) is 7.75. The maximum atomic E-state index is 13.7. The molecule has 2 aromatic rings. The molecular formula is C16H19ClFN5O. The van der Waals surface area contributed by atoms with E-state index < -0.39 is 11.7 Å². The number of nitrogens with zero attached hydrogens (tertiary/aromatic N) is 3. The second kappa shape index (κ2) is 7.92. The molecule has 128 valence electrons. The summed E-state index contributed by atoms with van der Waals surface area (Å²) in [4.78, 5) is 22.5. The molecule has 0 aliphatic heterocycles. The average Bonchev–Trinajstić information content (AvgIpc) is 2.51. The Labute approximate surface area is 145 Å². The smallest absolute Gasteiger partial charge is 0.255 e. The van der Waals surface area contributed by atoms with Crippen LogP contribution >= 0.6 is 11.6 Å². The molecule has 2 N–H and O–H groups in total. The lowest BCUT2D eigenvalue weighted by Gasteiger charge is -2.14. The highest BCUT2D eigenvalue weighted by molar-refractivity contribution is 6.33. The topological polar surface area (TPSA) is 70.2 Å². The van der Waals surface area contributed by atoms with Crippen molar-refractivity contribution in [3.05, 3.63) is 46.4 Å². The van der Waals surface area contributed by atoms with Crippen molar-refractivity contribution in [2.45, 2.75) is 6.92 Å². The third-order valence-corrected chi connectivity index (χ3v) is 3.50. The number of hydrogen-bond acceptors (Lipinski definition) is 5. The van der Waals surface area contributed by atoms with Crippen LogP contribution in [0.1, 0.15) is 16.1 Å². The van der Waals surface area contributed by atoms with E-state index in [0.29, 0.717) is 12.5 Å². The Morgan fingerprint density at radius 2 is 2.04 bits per heavy atom. The maximum Gasteiger partial charge on any atom is 0.255 e. The largest absolute Gasteiger partial charge is 0.363 e. The van der Waals surface area contributed by atoms with Gasteiger partial charge in [-0.3, -0.25) is 4.79 Å². The molecule has 0 unspecified atom stereocenters. The Kier molecular flexibility index (Phi) is 5.92. The average molecular weight is 352 g/mol. The highest BCUT2D eigenvalue weighted by Crippen LogP contribution is 2.18. The predicted octanol–water partition coefficient (Wildman–Crippen LogP) is 2.49. The van der Waals surface area contributed by atoms with Crippen molar-refractivity contribution < 1.29 is 9.18 Å². The molecule has 0 fully saturated rings. The Morgan fingerprint density at radius 1 is 1.29 bits per heavy atom. The van der Waals surface area contributed by atoms with Crippen molar-refractivity contribution in [3.63, 3.8) is 0 Å². The fraction of sp³-hybridized carbons (Fsp3) is 0.312. The Hall–Kier alpha value is -2.41. The molecule has 6 nitrogen and oxygen atoms in total. The number of amides is 1. The van der Waals surface area contributed by atoms with Crippen LogP contribution in [0.15, 0.2) is 24.3 Å². The molecule has 1 aromatic carbocycles. The molecule has 0 atom stereocenters. The molecule has 0 saturated carbocycles. The van der Waals surface area contributed by atoms with Crippen molar-refractivity contribution in [1.29, 1.82) is 0 Å². The second-order valence-electron chi connectivity index (χ2n) is 5.36. The minimum absolute atomic E-state index is 0.0816. The van der Waals surface area contributed by atoms with Crippen LogP contribution in [0.2, 0.25) is 5.02 Å². The normalized spacial score (nSPS) is 10.4. The first-order valence-electron chi connectivity index (χ1n) is 7.37. The SMILES string of the molecule is Cc1cc(N(C)C)nc(NCCNC(=O)c2c(F)cccc2Cl)n1. The number of hydrogen-bond donors (Lipinski definition) is 2. The van der Waals surface area contributed by atoms with E-state index in [1.807, 2.05) is 32.0 Å². The van der Waals surface area contributed by atoms with Crippen LogP contribution in [-0.4, -0.2) is 43.1 Å². The fourth-order valence-electron chi connectivity index (χ4n) is 2.01. The summed E-state index contributed by atoms with van der Waals surface area (Å²) >= 11 is 5.86. The number of aromatic nitrogens is 2. The van der Waals surface area contributed by atoms with Crippen LogP contribution in [0.25, 0.3) is 0 Å². The minimum atomic E-state index is -0.648. The van der Waals surface area contributed by atoms with Gasteiger partial charge in [0.25, 0.3) is 5.91 Å². The highest BCUT2D eigenvalue weighted by atomic mass is 35.5. The lowest BCUT2D eigenvalue weighted by atomic mass is 10.2. The van der Waals surface area contributed by atoms with E-state index in [1.165, 1.54) is 18.2 Å². The van der Waals surface area contributed by atoms with Crippen molar-refractivity contribution in [3.8, 4) is 0 Å². The van der Waals surface area contributed by atoms with Gasteiger partial charge in [0.2, 0.25) is 5.95 Å². The van der Waals surface area contributed by atoms with Gasteiger partial charge in [0.1, 0.15) is 11.6 Å². The van der Waals surface area contributed by atoms with Crippen molar-refractivity contribution in [1.82, 2.24) is 15.3 Å². The van der Waals surface area contributed by atoms with E-state index in [0.717, 1.165) is 11.5 Å². The molecule has 0 aliphatic carbocycles. The lowest BCUT2D eigenvalue weighted by Crippen LogP contribution is -2.30. The van der Waals surface area contributed by atoms with Gasteiger partial charge in [0, 0.05) is 38.9 Å². The Morgan fingerprint density at radius 3 is 2.71 bits per heavy atom. The van der Waals surface area contributed by atoms with Crippen molar-refractivity contribution in [2.75, 3.05) is 37.4 Å². The first-order chi connectivity index (χ1) is 11.4. The standard InChI is InChI=1S/C16H19ClFN5O/c1-10-9-13(23(2)3)22-16(21-10)20-8-7-19-15(24)14-11(17)5-4-6-12(14)18/h4-6,9H,7-8H2,1-3H3,(H,19,24)(H,20,21,22). The summed E-state index contributed by atoms with van der Waals surface area (Å²) in [5, 5.41) is 5.72. The summed E-state index contributed by atoms with van der Waals surface area (Å²) < 4.78 is 13.7. The maximum absolute atomic E-state index is 13.7. The van der Waals surface area contributed by atoms with Gasteiger partial charge in [-0.1, -0.05) is 17.7 Å². The number of benzene rings is 1. The third kappa shape index (κ3) is 4.55. The zero-order valence-electron chi connectivity index (χ0n) is 13.7. The number of aryl methyl sites for hydroxylation is 1. The molecule has 8 heteroatoms. The molecule has 2 rings (SSSR count). The molecular weight excluding hydrogens is 333 g/mol. The molecule has 0 saturated heterocycles. The summed E-state index contributed by atoms with van der Waals surface area (Å²) in [5.41, 5.74) is 0.680. The molecule has 0 radical (unpaired) electrons. The summed E-state index contributed by atoms with van der Waals surface area (Å²) in [6, 6.07) is 5.99. The van der Waals surface area contributed by atoms with E-state index in [9.17, 15) is 9.18 Å². The second-order valence-corrected chi connectivity index (χ2v) is 5.77. The summed E-state index contributed by atoms with van der Waals surface area (Å²) in [5.74, 6) is 0.0497. The molecule has 0 aliphatic rings. The van der Waals surface area contributed by atoms with Gasteiger partial charge in [-0.05, 0) is 19.1 Å². The van der Waals surface area contributed by atoms with Gasteiger partial charge in [0.05, 0.1) is 10.6 Å². The first kappa shape index (κ1) is 17.9. The lowest BCUT2D eigenvalue weighted by molar-refractivity contribution is 0.0951. The van der Waals surface area contributed by atoms with E-state index in [-0.39, 0.29) is 17.1 Å². The molecule has 1 heterocycles. The number of carbonyl (C=O) groups excluding carboxylic acids is 1. The van der Waals surface area contributed by atoms with Crippen LogP contribution in [-0.2, 0) is 0 Å². The van der Waals surface area contributed by atoms with Crippen molar-refractivity contribution in [2.24, 2.45) is 0 Å². The van der Waals surface area contributed by atoms with Gasteiger partial charge in [-0.2, -0.15) is 4.98 Å². The summed E-state index contributed by atoms with van der Waals surface area (Å²) in [6.07, 6.45) is 0. The molecule has 1 amide bonds. The number of rotatable bonds is 6. The summed E-state index contributed by atoms with van der Waals surface area (Å²) in [6.45, 7) is 2.55. The molecule has 1 aromatic heterocycles. The molecule has 0 spiro atoms. The number of carbonyl (C=O) groups is 1. The highest BCUT2D eigenvalue weighted by Gasteiger charge is 2.15. The van der Waals surface area contributed by atoms with Gasteiger partial charge in [-0.15, -0.1) is 0 Å². The minimum Gasteiger partial charge on any atom is -0.363 e. The Bertz CT molecular complexity index is 718. The zero-order valence-corrected chi connectivity index (χ0v) is 14.5. The van der Waals surface area contributed by atoms with E-state index in [4.69, 9.17) is 11.6 Å². The molecule has 24 heavy (non-hydrogen) atoms. The number of anilines is 2. The number of halogens is 2. The quantitative estimate of drug-likeness (QED) is 0.782. The monoisotopic (exact) mass is 351 g/mol. The van der Waals surface area contributed by atoms with E-state index >= 15 is 0 Å². The zero-order chi connectivity index (χ0) is 17.7. The van der Waals surface area contributed by atoms with Crippen LogP contribution in [0.3, 0.4) is 0 Å². The van der Waals surface area contributed by atoms with E-state index in [2.05, 4.69) is 20.6 Å². The third-order valence-electron chi connectivity index (χ3n) is 3.18. The van der Waals surface area contributed by atoms with Gasteiger partial charge in [0.15, 0.2) is 0 Å². The molecule has 0 bridgehead atoms. The van der Waals surface area contributed by atoms with Crippen LogP contribution in [0.5, 0.6) is 0 Å². The Balaban J connectivity index is 1.90. The van der Waals surface area contributed by atoms with Gasteiger partial charge < -0.3 is 15.5 Å². The fourth-order valence-corrected chi connectivity index (χ4v) is 2.26. The van der Waals surface area contributed by atoms with Crippen LogP contribution in [0, 0.1) is 12.7 Å². The van der Waals surface area contributed by atoms with Crippen LogP contribution in [0.4, 0.5) is 16.2 Å². The number of nitrogens with one attached hydrogen (secondary N) is 2. The van der Waals surface area contributed by atoms with Crippen molar-refractivity contribution >= 4 is 29.3 Å². The predicted molar refractivity (Wildman–Crippen MR) is 93.3 cm³/mol. The summed E-state index contributed by atoms with van der Waals surface area (Å²) in [7, 11) is 3.79.